The summed E-state index contributed by atoms with van der Waals surface area (Å²) in [6.07, 6.45) is 5.05. The fraction of sp³-hybridized carbons (Fsp3) is 0.419. The molecule has 2 aliphatic rings. The standard InChI is InChI=1S/C31H35Cl2N3O4/c1-31(2,3)34-28(38)26(18-20-10-5-4-6-11-20)36(19-23-24(32)14-9-15-25(23)33)27(37)16-17-35-29(39)21-12-7-8-13-22(21)30(35)40/h4-11,14-15,21-22,26H,12-13,16-19H2,1-3H3,(H,34,38)/t21-,22+,26-/m1/s1. The fourth-order valence-electron chi connectivity index (χ4n) is 5.30. The molecule has 4 rings (SSSR count). The molecule has 40 heavy (non-hydrogen) atoms. The number of fused-ring (bicyclic) bond motifs is 1. The quantitative estimate of drug-likeness (QED) is 0.325. The molecule has 2 aromatic carbocycles. The van der Waals surface area contributed by atoms with Crippen LogP contribution in [-0.4, -0.2) is 51.6 Å². The molecule has 1 aliphatic heterocycles. The van der Waals surface area contributed by atoms with Crippen LogP contribution in [0.3, 0.4) is 0 Å². The van der Waals surface area contributed by atoms with E-state index in [1.165, 1.54) is 9.80 Å². The second-order valence-electron chi connectivity index (χ2n) is 11.4. The number of nitrogens with one attached hydrogen (secondary N) is 1. The molecule has 9 heteroatoms. The zero-order valence-corrected chi connectivity index (χ0v) is 24.5. The predicted octanol–water partition coefficient (Wildman–Crippen LogP) is 5.19. The number of imide groups is 1. The van der Waals surface area contributed by atoms with Crippen molar-refractivity contribution in [2.75, 3.05) is 6.54 Å². The Kier molecular flexibility index (Phi) is 9.37. The average Bonchev–Trinajstić information content (AvgIpc) is 3.15. The second kappa shape index (κ2) is 12.6. The maximum Gasteiger partial charge on any atom is 0.243 e. The van der Waals surface area contributed by atoms with E-state index in [1.54, 1.807) is 18.2 Å². The van der Waals surface area contributed by atoms with E-state index in [0.717, 1.165) is 5.56 Å². The lowest BCUT2D eigenvalue weighted by Gasteiger charge is -2.34. The van der Waals surface area contributed by atoms with Gasteiger partial charge in [0, 0.05) is 47.1 Å². The lowest BCUT2D eigenvalue weighted by atomic mass is 9.85. The normalized spacial score (nSPS) is 19.4. The highest BCUT2D eigenvalue weighted by Gasteiger charge is 2.47. The second-order valence-corrected chi connectivity index (χ2v) is 12.2. The molecule has 2 aromatic rings. The monoisotopic (exact) mass is 583 g/mol. The number of carbonyl (C=O) groups is 4. The van der Waals surface area contributed by atoms with Gasteiger partial charge in [-0.05, 0) is 51.3 Å². The molecular weight excluding hydrogens is 549 g/mol. The van der Waals surface area contributed by atoms with Gasteiger partial charge in [0.25, 0.3) is 0 Å². The summed E-state index contributed by atoms with van der Waals surface area (Å²) in [6, 6.07) is 13.6. The van der Waals surface area contributed by atoms with E-state index in [1.807, 2.05) is 63.3 Å². The number of nitrogens with zero attached hydrogens (tertiary/aromatic N) is 2. The molecule has 1 N–H and O–H groups in total. The van der Waals surface area contributed by atoms with Crippen LogP contribution in [0.25, 0.3) is 0 Å². The lowest BCUT2D eigenvalue weighted by Crippen LogP contribution is -2.54. The minimum absolute atomic E-state index is 0.0105. The SMILES string of the molecule is CC(C)(C)NC(=O)[C@@H](Cc1ccccc1)N(Cc1c(Cl)cccc1Cl)C(=O)CCN1C(=O)[C@H]2CC=CC[C@H]2C1=O. The molecule has 7 nitrogen and oxygen atoms in total. The minimum Gasteiger partial charge on any atom is -0.350 e. The Morgan fingerprint density at radius 3 is 2.08 bits per heavy atom. The zero-order chi connectivity index (χ0) is 29.0. The van der Waals surface area contributed by atoms with Gasteiger partial charge in [-0.1, -0.05) is 71.8 Å². The summed E-state index contributed by atoms with van der Waals surface area (Å²) in [5.41, 5.74) is 0.855. The van der Waals surface area contributed by atoms with Crippen LogP contribution in [0.2, 0.25) is 10.0 Å². The molecule has 0 spiro atoms. The Morgan fingerprint density at radius 1 is 0.950 bits per heavy atom. The highest BCUT2D eigenvalue weighted by molar-refractivity contribution is 6.36. The Morgan fingerprint density at radius 2 is 1.52 bits per heavy atom. The number of carbonyl (C=O) groups excluding carboxylic acids is 4. The van der Waals surface area contributed by atoms with Crippen LogP contribution in [0, 0.1) is 11.8 Å². The van der Waals surface area contributed by atoms with E-state index in [-0.39, 0.29) is 61.4 Å². The molecular formula is C31H35Cl2N3O4. The number of benzene rings is 2. The maximum atomic E-state index is 14.0. The van der Waals surface area contributed by atoms with E-state index < -0.39 is 11.6 Å². The molecule has 1 heterocycles. The topological polar surface area (TPSA) is 86.8 Å². The summed E-state index contributed by atoms with van der Waals surface area (Å²) in [5.74, 6) is -1.91. The van der Waals surface area contributed by atoms with Crippen LogP contribution in [-0.2, 0) is 32.1 Å². The van der Waals surface area contributed by atoms with E-state index in [2.05, 4.69) is 5.32 Å². The first-order valence-corrected chi connectivity index (χ1v) is 14.3. The highest BCUT2D eigenvalue weighted by atomic mass is 35.5. The molecule has 1 aliphatic carbocycles. The Labute approximate surface area is 245 Å². The number of amides is 4. The third-order valence-corrected chi connectivity index (χ3v) is 8.02. The Balaban J connectivity index is 1.64. The number of hydrogen-bond acceptors (Lipinski definition) is 4. The van der Waals surface area contributed by atoms with Gasteiger partial charge in [0.15, 0.2) is 0 Å². The van der Waals surface area contributed by atoms with Crippen molar-refractivity contribution in [2.45, 2.75) is 64.6 Å². The maximum absolute atomic E-state index is 14.0. The van der Waals surface area contributed by atoms with Gasteiger partial charge in [0.2, 0.25) is 23.6 Å². The summed E-state index contributed by atoms with van der Waals surface area (Å²) >= 11 is 13.0. The molecule has 4 amide bonds. The van der Waals surface area contributed by atoms with Gasteiger partial charge < -0.3 is 10.2 Å². The zero-order valence-electron chi connectivity index (χ0n) is 23.0. The summed E-state index contributed by atoms with van der Waals surface area (Å²) in [5, 5.41) is 3.76. The average molecular weight is 585 g/mol. The van der Waals surface area contributed by atoms with Crippen molar-refractivity contribution in [3.05, 3.63) is 81.9 Å². The van der Waals surface area contributed by atoms with Crippen LogP contribution in [0.4, 0.5) is 0 Å². The van der Waals surface area contributed by atoms with E-state index in [9.17, 15) is 19.2 Å². The first-order valence-electron chi connectivity index (χ1n) is 13.5. The summed E-state index contributed by atoms with van der Waals surface area (Å²) in [7, 11) is 0. The number of rotatable bonds is 9. The van der Waals surface area contributed by atoms with Gasteiger partial charge >= 0.3 is 0 Å². The van der Waals surface area contributed by atoms with Gasteiger partial charge in [-0.25, -0.2) is 0 Å². The molecule has 1 saturated heterocycles. The van der Waals surface area contributed by atoms with Crippen molar-refractivity contribution >= 4 is 46.8 Å². The fourth-order valence-corrected chi connectivity index (χ4v) is 5.82. The third kappa shape index (κ3) is 6.94. The van der Waals surface area contributed by atoms with Gasteiger partial charge in [-0.3, -0.25) is 24.1 Å². The predicted molar refractivity (Wildman–Crippen MR) is 156 cm³/mol. The summed E-state index contributed by atoms with van der Waals surface area (Å²) < 4.78 is 0. The number of halogens is 2. The summed E-state index contributed by atoms with van der Waals surface area (Å²) in [4.78, 5) is 56.3. The number of likely N-dealkylation sites (tertiary alicyclic amines) is 1. The van der Waals surface area contributed by atoms with Crippen LogP contribution < -0.4 is 5.32 Å². The Hall–Kier alpha value is -3.16. The van der Waals surface area contributed by atoms with Crippen LogP contribution in [0.15, 0.2) is 60.7 Å². The molecule has 212 valence electrons. The van der Waals surface area contributed by atoms with Crippen molar-refractivity contribution in [3.8, 4) is 0 Å². The Bertz CT molecular complexity index is 1260. The van der Waals surface area contributed by atoms with Crippen LogP contribution >= 0.6 is 23.2 Å². The highest BCUT2D eigenvalue weighted by Crippen LogP contribution is 2.35. The number of allylic oxidation sites excluding steroid dienone is 2. The van der Waals surface area contributed by atoms with Crippen LogP contribution in [0.5, 0.6) is 0 Å². The van der Waals surface area contributed by atoms with Gasteiger partial charge in [-0.2, -0.15) is 0 Å². The number of hydrogen-bond donors (Lipinski definition) is 1. The van der Waals surface area contributed by atoms with Crippen LogP contribution in [0.1, 0.15) is 51.2 Å². The molecule has 0 bridgehead atoms. The van der Waals surface area contributed by atoms with Crippen molar-refractivity contribution in [1.82, 2.24) is 15.1 Å². The van der Waals surface area contributed by atoms with Gasteiger partial charge in [-0.15, -0.1) is 0 Å². The van der Waals surface area contributed by atoms with Gasteiger partial charge in [0.05, 0.1) is 11.8 Å². The van der Waals surface area contributed by atoms with E-state index >= 15 is 0 Å². The first-order chi connectivity index (χ1) is 19.0. The smallest absolute Gasteiger partial charge is 0.243 e. The van der Waals surface area contributed by atoms with Crippen molar-refractivity contribution in [2.24, 2.45) is 11.8 Å². The first kappa shape index (κ1) is 29.8. The molecule has 3 atom stereocenters. The molecule has 0 radical (unpaired) electrons. The third-order valence-electron chi connectivity index (χ3n) is 7.31. The minimum atomic E-state index is -0.891. The van der Waals surface area contributed by atoms with Crippen molar-refractivity contribution in [3.63, 3.8) is 0 Å². The van der Waals surface area contributed by atoms with Crippen molar-refractivity contribution in [1.29, 1.82) is 0 Å². The van der Waals surface area contributed by atoms with E-state index in [4.69, 9.17) is 23.2 Å². The molecule has 1 fully saturated rings. The molecule has 0 aromatic heterocycles. The van der Waals surface area contributed by atoms with Crippen molar-refractivity contribution < 1.29 is 19.2 Å². The molecule has 0 saturated carbocycles. The summed E-state index contributed by atoms with van der Waals surface area (Å²) in [6.45, 7) is 5.57. The van der Waals surface area contributed by atoms with Gasteiger partial charge in [0.1, 0.15) is 6.04 Å². The molecule has 0 unspecified atom stereocenters. The van der Waals surface area contributed by atoms with E-state index in [0.29, 0.717) is 28.5 Å². The lowest BCUT2D eigenvalue weighted by molar-refractivity contribution is -0.144. The largest absolute Gasteiger partial charge is 0.350 e.